The van der Waals surface area contributed by atoms with Crippen LogP contribution < -0.4 is 14.4 Å². The molecule has 2 atom stereocenters. The highest BCUT2D eigenvalue weighted by Gasteiger charge is 2.52. The Kier molecular flexibility index (Phi) is 5.11. The SMILES string of the molecule is COC(=O)[C@@H]1[C@H](Cc2ccc(OC)cc2)C(=O)N1c1ccc(OC)cc1. The molecule has 1 saturated heterocycles. The minimum absolute atomic E-state index is 0.0959. The molecule has 0 N–H and O–H groups in total. The van der Waals surface area contributed by atoms with Crippen molar-refractivity contribution in [3.63, 3.8) is 0 Å². The van der Waals surface area contributed by atoms with Gasteiger partial charge in [-0.2, -0.15) is 0 Å². The molecule has 0 unspecified atom stereocenters. The minimum atomic E-state index is -0.636. The fourth-order valence-corrected chi connectivity index (χ4v) is 3.18. The number of nitrogens with zero attached hydrogens (tertiary/aromatic N) is 1. The van der Waals surface area contributed by atoms with Gasteiger partial charge in [-0.05, 0) is 48.4 Å². The Labute approximate surface area is 152 Å². The number of methoxy groups -OCH3 is 3. The molecule has 6 heteroatoms. The first kappa shape index (κ1) is 17.8. The Morgan fingerprint density at radius 3 is 1.96 bits per heavy atom. The van der Waals surface area contributed by atoms with E-state index in [1.54, 1.807) is 38.5 Å². The van der Waals surface area contributed by atoms with Crippen LogP contribution in [0.4, 0.5) is 5.69 Å². The molecule has 2 aromatic carbocycles. The Bertz CT molecular complexity index is 785. The van der Waals surface area contributed by atoms with E-state index in [9.17, 15) is 9.59 Å². The number of anilines is 1. The molecule has 1 aliphatic heterocycles. The van der Waals surface area contributed by atoms with Crippen molar-refractivity contribution in [3.8, 4) is 11.5 Å². The summed E-state index contributed by atoms with van der Waals surface area (Å²) in [4.78, 5) is 26.5. The molecule has 0 radical (unpaired) electrons. The molecule has 1 heterocycles. The van der Waals surface area contributed by atoms with Gasteiger partial charge in [-0.25, -0.2) is 4.79 Å². The summed E-state index contributed by atoms with van der Waals surface area (Å²) in [5.74, 6) is 0.474. The Morgan fingerprint density at radius 2 is 1.46 bits per heavy atom. The lowest BCUT2D eigenvalue weighted by Crippen LogP contribution is -2.65. The van der Waals surface area contributed by atoms with Gasteiger partial charge in [-0.1, -0.05) is 12.1 Å². The first-order chi connectivity index (χ1) is 12.6. The third kappa shape index (κ3) is 3.22. The third-order valence-electron chi connectivity index (χ3n) is 4.62. The van der Waals surface area contributed by atoms with Crippen molar-refractivity contribution in [1.82, 2.24) is 0 Å². The van der Waals surface area contributed by atoms with Crippen LogP contribution in [0.2, 0.25) is 0 Å². The molecule has 1 fully saturated rings. The van der Waals surface area contributed by atoms with Crippen LogP contribution in [0, 0.1) is 5.92 Å². The molecule has 3 rings (SSSR count). The number of carbonyl (C=O) groups excluding carboxylic acids is 2. The summed E-state index contributed by atoms with van der Waals surface area (Å²) in [6, 6.07) is 13.9. The predicted molar refractivity (Wildman–Crippen MR) is 96.5 cm³/mol. The van der Waals surface area contributed by atoms with E-state index in [0.29, 0.717) is 17.9 Å². The summed E-state index contributed by atoms with van der Waals surface area (Å²) in [6.07, 6.45) is 0.468. The minimum Gasteiger partial charge on any atom is -0.497 e. The average molecular weight is 355 g/mol. The van der Waals surface area contributed by atoms with Gasteiger partial charge >= 0.3 is 5.97 Å². The lowest BCUT2D eigenvalue weighted by atomic mass is 9.81. The summed E-state index contributed by atoms with van der Waals surface area (Å²) in [7, 11) is 4.51. The summed E-state index contributed by atoms with van der Waals surface area (Å²) < 4.78 is 15.2. The molecular weight excluding hydrogens is 334 g/mol. The van der Waals surface area contributed by atoms with Crippen LogP contribution in [-0.2, 0) is 20.7 Å². The van der Waals surface area contributed by atoms with E-state index in [0.717, 1.165) is 11.3 Å². The van der Waals surface area contributed by atoms with Crippen LogP contribution in [0.15, 0.2) is 48.5 Å². The Hall–Kier alpha value is -3.02. The molecule has 0 bridgehead atoms. The normalized spacial score (nSPS) is 18.9. The number of carbonyl (C=O) groups is 2. The van der Waals surface area contributed by atoms with Crippen molar-refractivity contribution >= 4 is 17.6 Å². The van der Waals surface area contributed by atoms with Crippen LogP contribution in [0.5, 0.6) is 11.5 Å². The highest BCUT2D eigenvalue weighted by Crippen LogP contribution is 2.36. The number of benzene rings is 2. The maximum absolute atomic E-state index is 12.7. The summed E-state index contributed by atoms with van der Waals surface area (Å²) in [5.41, 5.74) is 1.62. The van der Waals surface area contributed by atoms with Gasteiger partial charge in [-0.15, -0.1) is 0 Å². The maximum Gasteiger partial charge on any atom is 0.329 e. The van der Waals surface area contributed by atoms with Crippen LogP contribution in [0.25, 0.3) is 0 Å². The zero-order chi connectivity index (χ0) is 18.7. The second-order valence-corrected chi connectivity index (χ2v) is 6.03. The molecule has 6 nitrogen and oxygen atoms in total. The fraction of sp³-hybridized carbons (Fsp3) is 0.300. The topological polar surface area (TPSA) is 65.1 Å². The maximum atomic E-state index is 12.7. The zero-order valence-corrected chi connectivity index (χ0v) is 15.0. The first-order valence-corrected chi connectivity index (χ1v) is 8.27. The standard InChI is InChI=1S/C20H21NO5/c1-24-15-8-4-13(5-9-15)12-17-18(20(23)26-3)21(19(17)22)14-6-10-16(25-2)11-7-14/h4-11,17-18H,12H2,1-3H3/t17-,18-/m0/s1. The lowest BCUT2D eigenvalue weighted by Gasteiger charge is -2.45. The Balaban J connectivity index is 1.81. The van der Waals surface area contributed by atoms with E-state index in [1.807, 2.05) is 24.3 Å². The fourth-order valence-electron chi connectivity index (χ4n) is 3.18. The van der Waals surface area contributed by atoms with Gasteiger partial charge in [-0.3, -0.25) is 9.69 Å². The van der Waals surface area contributed by atoms with Crippen molar-refractivity contribution in [2.24, 2.45) is 5.92 Å². The number of ether oxygens (including phenoxy) is 3. The van der Waals surface area contributed by atoms with E-state index in [-0.39, 0.29) is 5.91 Å². The summed E-state index contributed by atoms with van der Waals surface area (Å²) >= 11 is 0. The van der Waals surface area contributed by atoms with E-state index in [2.05, 4.69) is 0 Å². The molecule has 1 aliphatic rings. The molecule has 0 saturated carbocycles. The van der Waals surface area contributed by atoms with Crippen molar-refractivity contribution in [2.45, 2.75) is 12.5 Å². The van der Waals surface area contributed by atoms with Crippen LogP contribution >= 0.6 is 0 Å². The van der Waals surface area contributed by atoms with Gasteiger partial charge in [0.2, 0.25) is 5.91 Å². The third-order valence-corrected chi connectivity index (χ3v) is 4.62. The van der Waals surface area contributed by atoms with Crippen LogP contribution in [-0.4, -0.2) is 39.2 Å². The second kappa shape index (κ2) is 7.47. The number of hydrogen-bond donors (Lipinski definition) is 0. The van der Waals surface area contributed by atoms with Crippen molar-refractivity contribution in [1.29, 1.82) is 0 Å². The molecule has 136 valence electrons. The molecular formula is C20H21NO5. The van der Waals surface area contributed by atoms with Crippen molar-refractivity contribution in [2.75, 3.05) is 26.2 Å². The van der Waals surface area contributed by atoms with Gasteiger partial charge in [0.05, 0.1) is 27.2 Å². The van der Waals surface area contributed by atoms with E-state index < -0.39 is 17.9 Å². The van der Waals surface area contributed by atoms with Crippen LogP contribution in [0.1, 0.15) is 5.56 Å². The van der Waals surface area contributed by atoms with Crippen molar-refractivity contribution < 1.29 is 23.8 Å². The Morgan fingerprint density at radius 1 is 0.923 bits per heavy atom. The highest BCUT2D eigenvalue weighted by molar-refractivity contribution is 6.10. The van der Waals surface area contributed by atoms with Gasteiger partial charge in [0.1, 0.15) is 17.5 Å². The van der Waals surface area contributed by atoms with E-state index in [4.69, 9.17) is 14.2 Å². The first-order valence-electron chi connectivity index (χ1n) is 8.27. The van der Waals surface area contributed by atoms with Crippen molar-refractivity contribution in [3.05, 3.63) is 54.1 Å². The number of β-lactam (4-membered cyclic amide) rings is 1. The number of rotatable bonds is 6. The number of hydrogen-bond acceptors (Lipinski definition) is 5. The molecule has 0 spiro atoms. The molecule has 0 aromatic heterocycles. The highest BCUT2D eigenvalue weighted by atomic mass is 16.5. The summed E-state index contributed by atoms with van der Waals surface area (Å²) in [5, 5.41) is 0. The average Bonchev–Trinajstić information content (AvgIpc) is 2.70. The molecule has 2 aromatic rings. The van der Waals surface area contributed by atoms with E-state index >= 15 is 0 Å². The van der Waals surface area contributed by atoms with Gasteiger partial charge in [0.15, 0.2) is 0 Å². The number of amides is 1. The summed E-state index contributed by atoms with van der Waals surface area (Å²) in [6.45, 7) is 0. The zero-order valence-electron chi connectivity index (χ0n) is 15.0. The van der Waals surface area contributed by atoms with Crippen LogP contribution in [0.3, 0.4) is 0 Å². The predicted octanol–water partition coefficient (Wildman–Crippen LogP) is 2.45. The second-order valence-electron chi connectivity index (χ2n) is 6.03. The smallest absolute Gasteiger partial charge is 0.329 e. The lowest BCUT2D eigenvalue weighted by molar-refractivity contribution is -0.152. The van der Waals surface area contributed by atoms with Gasteiger partial charge in [0.25, 0.3) is 0 Å². The largest absolute Gasteiger partial charge is 0.497 e. The number of esters is 1. The molecule has 1 amide bonds. The van der Waals surface area contributed by atoms with E-state index in [1.165, 1.54) is 12.0 Å². The van der Waals surface area contributed by atoms with Gasteiger partial charge < -0.3 is 14.2 Å². The molecule has 0 aliphatic carbocycles. The van der Waals surface area contributed by atoms with Gasteiger partial charge in [0, 0.05) is 5.69 Å². The quantitative estimate of drug-likeness (QED) is 0.588. The monoisotopic (exact) mass is 355 g/mol. The molecule has 26 heavy (non-hydrogen) atoms.